The average molecular weight is 602 g/mol. The van der Waals surface area contributed by atoms with Crippen molar-refractivity contribution < 1.29 is 47.6 Å². The van der Waals surface area contributed by atoms with Crippen molar-refractivity contribution in [1.29, 1.82) is 0 Å². The minimum Gasteiger partial charge on any atom is -1.00 e. The van der Waals surface area contributed by atoms with E-state index in [-0.39, 0.29) is 41.1 Å². The Bertz CT molecular complexity index is 1230. The Hall–Kier alpha value is -0.747. The number of hydrogen-bond acceptors (Lipinski definition) is 0. The summed E-state index contributed by atoms with van der Waals surface area (Å²) < 4.78 is 2.27. The number of benzene rings is 2. The minimum absolute atomic E-state index is 0. The van der Waals surface area contributed by atoms with E-state index >= 15 is 0 Å². The van der Waals surface area contributed by atoms with E-state index in [4.69, 9.17) is 0 Å². The van der Waals surface area contributed by atoms with Crippen molar-refractivity contribution in [3.63, 3.8) is 0 Å². The van der Waals surface area contributed by atoms with Gasteiger partial charge >= 0.3 is 221 Å². The summed E-state index contributed by atoms with van der Waals surface area (Å²) in [5.74, 6) is 0. The summed E-state index contributed by atoms with van der Waals surface area (Å²) in [6.07, 6.45) is 8.05. The fraction of sp³-hybridized carbons (Fsp3) is 0.485. The Morgan fingerprint density at radius 3 is 1.92 bits per heavy atom. The smallest absolute Gasteiger partial charge is 1.00 e. The van der Waals surface area contributed by atoms with Crippen LogP contribution < -0.4 is 24.8 Å². The molecule has 0 N–H and O–H groups in total. The van der Waals surface area contributed by atoms with Gasteiger partial charge < -0.3 is 24.8 Å². The molecule has 0 fully saturated rings. The molecule has 4 rings (SSSR count). The van der Waals surface area contributed by atoms with E-state index in [1.807, 2.05) is 0 Å². The first-order valence-electron chi connectivity index (χ1n) is 12.9. The van der Waals surface area contributed by atoms with Crippen LogP contribution in [0.5, 0.6) is 0 Å². The maximum absolute atomic E-state index is 2.60. The van der Waals surface area contributed by atoms with Gasteiger partial charge in [-0.2, -0.15) is 0 Å². The van der Waals surface area contributed by atoms with E-state index in [0.29, 0.717) is 3.63 Å². The second-order valence-corrected chi connectivity index (χ2v) is 18.2. The molecule has 0 saturated heterocycles. The average Bonchev–Trinajstić information content (AvgIpc) is 3.31. The molecule has 0 radical (unpaired) electrons. The maximum Gasteiger partial charge on any atom is -1.00 e. The van der Waals surface area contributed by atoms with Crippen LogP contribution in [0, 0.1) is 0 Å². The normalized spacial score (nSPS) is 16.4. The summed E-state index contributed by atoms with van der Waals surface area (Å²) >= 11 is -0.787. The van der Waals surface area contributed by atoms with Gasteiger partial charge in [-0.3, -0.25) is 0 Å². The number of fused-ring (bicyclic) bond motifs is 3. The third-order valence-electron chi connectivity index (χ3n) is 7.26. The zero-order chi connectivity index (χ0) is 25.2. The molecule has 0 amide bonds. The number of allylic oxidation sites excluding steroid dienone is 4. The molecule has 0 bridgehead atoms. The molecule has 0 heterocycles. The fourth-order valence-corrected chi connectivity index (χ4v) is 9.15. The van der Waals surface area contributed by atoms with Gasteiger partial charge in [0.1, 0.15) is 0 Å². The van der Waals surface area contributed by atoms with Gasteiger partial charge in [0.15, 0.2) is 0 Å². The van der Waals surface area contributed by atoms with E-state index in [1.54, 1.807) is 25.5 Å². The molecule has 2 aliphatic rings. The topological polar surface area (TPSA) is 0 Å². The summed E-state index contributed by atoms with van der Waals surface area (Å²) in [5, 5.41) is 0. The summed E-state index contributed by atoms with van der Waals surface area (Å²) in [4.78, 5) is 0. The zero-order valence-corrected chi connectivity index (χ0v) is 28.1. The van der Waals surface area contributed by atoms with Gasteiger partial charge in [-0.05, 0) is 0 Å². The van der Waals surface area contributed by atoms with Crippen molar-refractivity contribution in [3.05, 3.63) is 75.9 Å². The molecule has 2 aromatic rings. The molecule has 0 aliphatic heterocycles. The minimum atomic E-state index is -0.787. The molecule has 36 heavy (non-hydrogen) atoms. The van der Waals surface area contributed by atoms with Gasteiger partial charge in [0.2, 0.25) is 0 Å². The fourth-order valence-electron chi connectivity index (χ4n) is 5.67. The van der Waals surface area contributed by atoms with Gasteiger partial charge in [0.25, 0.3) is 0 Å². The van der Waals surface area contributed by atoms with Gasteiger partial charge in [0.05, 0.1) is 0 Å². The molecule has 0 spiro atoms. The largest absolute Gasteiger partial charge is 1.00 e. The quantitative estimate of drug-likeness (QED) is 0.496. The molecule has 0 nitrogen and oxygen atoms in total. The molecule has 1 unspecified atom stereocenters. The van der Waals surface area contributed by atoms with Gasteiger partial charge in [-0.1, -0.05) is 0 Å². The van der Waals surface area contributed by atoms with E-state index < -0.39 is 22.8 Å². The van der Waals surface area contributed by atoms with Crippen LogP contribution in [-0.2, 0) is 39.0 Å². The van der Waals surface area contributed by atoms with Crippen LogP contribution in [0.2, 0.25) is 0 Å². The second-order valence-electron chi connectivity index (χ2n) is 13.6. The molecular weight excluding hydrogens is 558 g/mol. The molecule has 2 aromatic carbocycles. The molecule has 0 aromatic heterocycles. The SMILES string of the molecule is C[C](C)=[Zr+2][CH]1c2cc(C(C)(C)C)ccc2-c2cc(C(C)(C)C)c(C(C)(C)C)c(C3=CC=CC3)c21.[Cl-].[Cl-]. The van der Waals surface area contributed by atoms with E-state index in [2.05, 4.69) is 119 Å². The second kappa shape index (κ2) is 10.8. The monoisotopic (exact) mass is 599 g/mol. The Balaban J connectivity index is 0.00000228. The number of hydrogen-bond donors (Lipinski definition) is 0. The van der Waals surface area contributed by atoms with Crippen LogP contribution in [0.4, 0.5) is 0 Å². The van der Waals surface area contributed by atoms with Crippen LogP contribution in [0.1, 0.15) is 120 Å². The van der Waals surface area contributed by atoms with Crippen molar-refractivity contribution in [1.82, 2.24) is 0 Å². The van der Waals surface area contributed by atoms with Crippen LogP contribution in [-0.4, -0.2) is 3.21 Å². The molecule has 193 valence electrons. The summed E-state index contributed by atoms with van der Waals surface area (Å²) in [6, 6.07) is 10.0. The van der Waals surface area contributed by atoms with Crippen molar-refractivity contribution in [2.75, 3.05) is 0 Å². The molecule has 0 saturated carbocycles. The van der Waals surface area contributed by atoms with Crippen molar-refractivity contribution in [2.24, 2.45) is 0 Å². The van der Waals surface area contributed by atoms with E-state index in [0.717, 1.165) is 6.42 Å². The van der Waals surface area contributed by atoms with Crippen LogP contribution >= 0.6 is 0 Å². The zero-order valence-electron chi connectivity index (χ0n) is 24.1. The summed E-state index contributed by atoms with van der Waals surface area (Å²) in [5.41, 5.74) is 14.3. The van der Waals surface area contributed by atoms with Crippen LogP contribution in [0.3, 0.4) is 0 Å². The Labute approximate surface area is 244 Å². The predicted molar refractivity (Wildman–Crippen MR) is 148 cm³/mol. The maximum atomic E-state index is 2.60. The van der Waals surface area contributed by atoms with Crippen molar-refractivity contribution >= 4 is 8.78 Å². The molecular formula is C33H43Cl2Zr. The molecule has 2 aliphatic carbocycles. The summed E-state index contributed by atoms with van der Waals surface area (Å²) in [7, 11) is 0. The van der Waals surface area contributed by atoms with Crippen molar-refractivity contribution in [2.45, 2.75) is 102 Å². The third kappa shape index (κ3) is 5.80. The van der Waals surface area contributed by atoms with Gasteiger partial charge in [-0.15, -0.1) is 0 Å². The van der Waals surface area contributed by atoms with E-state index in [1.165, 1.54) is 27.8 Å². The molecule has 1 atom stereocenters. The Kier molecular flexibility index (Phi) is 9.43. The Morgan fingerprint density at radius 1 is 0.806 bits per heavy atom. The van der Waals surface area contributed by atoms with Crippen LogP contribution in [0.15, 0.2) is 42.5 Å². The van der Waals surface area contributed by atoms with Crippen molar-refractivity contribution in [3.8, 4) is 11.1 Å². The van der Waals surface area contributed by atoms with E-state index in [9.17, 15) is 0 Å². The first kappa shape index (κ1) is 31.5. The number of halogens is 2. The Morgan fingerprint density at radius 2 is 1.44 bits per heavy atom. The van der Waals surface area contributed by atoms with Gasteiger partial charge in [0, 0.05) is 0 Å². The van der Waals surface area contributed by atoms with Gasteiger partial charge in [-0.25, -0.2) is 0 Å². The predicted octanol–water partition coefficient (Wildman–Crippen LogP) is 3.29. The third-order valence-corrected chi connectivity index (χ3v) is 10.9. The van der Waals surface area contributed by atoms with Crippen LogP contribution in [0.25, 0.3) is 16.7 Å². The summed E-state index contributed by atoms with van der Waals surface area (Å²) in [6.45, 7) is 26.2. The standard InChI is InChI=1S/C30H37.C3H6.2ClH.Zr/c1-28(2,3)21-14-15-22-20(16-21)17-24-23(22)18-25(29(4,5)6)27(30(7,8)9)26(24)19-12-10-11-13-19;1-3-2;;;/h10-12,14-18H,13H2,1-9H3;1-2H3;2*1H;/q;;;;+2/p-2. The first-order valence-corrected chi connectivity index (χ1v) is 15.5. The first-order chi connectivity index (χ1) is 15.6. The number of rotatable bonds is 2. The molecule has 3 heteroatoms.